The van der Waals surface area contributed by atoms with Gasteiger partial charge in [0.2, 0.25) is 0 Å². The van der Waals surface area contributed by atoms with Crippen LogP contribution in [0.1, 0.15) is 13.3 Å². The van der Waals surface area contributed by atoms with Gasteiger partial charge in [-0.15, -0.1) is 0 Å². The van der Waals surface area contributed by atoms with E-state index in [2.05, 4.69) is 39.2 Å². The molecule has 1 N–H and O–H groups in total. The minimum Gasteiger partial charge on any atom is -0.380 e. The number of ether oxygens (including phenoxy) is 2. The van der Waals surface area contributed by atoms with Crippen LogP contribution in [0.5, 0.6) is 0 Å². The molecular formula is C16H19BrN2O2. The van der Waals surface area contributed by atoms with Crippen molar-refractivity contribution in [1.29, 1.82) is 0 Å². The zero-order chi connectivity index (χ0) is 14.7. The lowest BCUT2D eigenvalue weighted by atomic mass is 10.1. The monoisotopic (exact) mass is 350 g/mol. The van der Waals surface area contributed by atoms with E-state index >= 15 is 0 Å². The van der Waals surface area contributed by atoms with Crippen LogP contribution in [0.2, 0.25) is 0 Å². The maximum absolute atomic E-state index is 5.86. The molecule has 0 spiro atoms. The second kappa shape index (κ2) is 6.73. The summed E-state index contributed by atoms with van der Waals surface area (Å²) in [6, 6.07) is 8.34. The Kier molecular flexibility index (Phi) is 4.73. The number of anilines is 1. The summed E-state index contributed by atoms with van der Waals surface area (Å²) in [7, 11) is 0. The predicted octanol–water partition coefficient (Wildman–Crippen LogP) is 3.60. The first kappa shape index (κ1) is 14.8. The minimum absolute atomic E-state index is 0.232. The number of nitrogens with zero attached hydrogens (tertiary/aromatic N) is 1. The SMILES string of the molecule is CC(COC1CCOC1)Nc1ccnc2c(Br)cccc12. The van der Waals surface area contributed by atoms with Crippen molar-refractivity contribution in [3.63, 3.8) is 0 Å². The van der Waals surface area contributed by atoms with Crippen LogP contribution < -0.4 is 5.32 Å². The lowest BCUT2D eigenvalue weighted by Crippen LogP contribution is -2.26. The van der Waals surface area contributed by atoms with Crippen LogP contribution in [0.4, 0.5) is 5.69 Å². The standard InChI is InChI=1S/C16H19BrN2O2/c1-11(9-21-12-6-8-20-10-12)19-15-5-7-18-16-13(15)3-2-4-14(16)17/h2-5,7,11-12H,6,8-10H2,1H3,(H,18,19). The summed E-state index contributed by atoms with van der Waals surface area (Å²) in [5.41, 5.74) is 2.06. The van der Waals surface area contributed by atoms with E-state index in [1.165, 1.54) is 0 Å². The lowest BCUT2D eigenvalue weighted by Gasteiger charge is -2.19. The van der Waals surface area contributed by atoms with Crippen molar-refractivity contribution >= 4 is 32.5 Å². The Bertz CT molecular complexity index is 614. The van der Waals surface area contributed by atoms with Gasteiger partial charge in [-0.05, 0) is 41.4 Å². The van der Waals surface area contributed by atoms with Crippen LogP contribution in [0.25, 0.3) is 10.9 Å². The summed E-state index contributed by atoms with van der Waals surface area (Å²) in [6.07, 6.45) is 3.07. The van der Waals surface area contributed by atoms with Crippen LogP contribution in [0, 0.1) is 0 Å². The molecule has 0 amide bonds. The van der Waals surface area contributed by atoms with E-state index < -0.39 is 0 Å². The van der Waals surface area contributed by atoms with Gasteiger partial charge in [-0.25, -0.2) is 0 Å². The molecule has 2 unspecified atom stereocenters. The smallest absolute Gasteiger partial charge is 0.0864 e. The third-order valence-corrected chi connectivity index (χ3v) is 4.23. The fourth-order valence-corrected chi connectivity index (χ4v) is 2.97. The number of hydrogen-bond acceptors (Lipinski definition) is 4. The molecule has 2 heterocycles. The molecule has 2 aromatic rings. The van der Waals surface area contributed by atoms with E-state index in [9.17, 15) is 0 Å². The molecule has 5 heteroatoms. The number of nitrogens with one attached hydrogen (secondary N) is 1. The maximum atomic E-state index is 5.86. The molecule has 112 valence electrons. The van der Waals surface area contributed by atoms with Gasteiger partial charge in [-0.1, -0.05) is 12.1 Å². The van der Waals surface area contributed by atoms with Crippen molar-refractivity contribution in [3.8, 4) is 0 Å². The maximum Gasteiger partial charge on any atom is 0.0864 e. The van der Waals surface area contributed by atoms with Gasteiger partial charge in [-0.2, -0.15) is 0 Å². The van der Waals surface area contributed by atoms with Gasteiger partial charge in [0.25, 0.3) is 0 Å². The molecule has 4 nitrogen and oxygen atoms in total. The summed E-state index contributed by atoms with van der Waals surface area (Å²) in [5, 5.41) is 4.62. The van der Waals surface area contributed by atoms with Crippen molar-refractivity contribution in [3.05, 3.63) is 34.9 Å². The molecule has 1 aliphatic rings. The molecule has 0 bridgehead atoms. The number of pyridine rings is 1. The fourth-order valence-electron chi connectivity index (χ4n) is 2.50. The van der Waals surface area contributed by atoms with Crippen LogP contribution in [-0.2, 0) is 9.47 Å². The summed E-state index contributed by atoms with van der Waals surface area (Å²) in [5.74, 6) is 0. The summed E-state index contributed by atoms with van der Waals surface area (Å²) >= 11 is 3.54. The van der Waals surface area contributed by atoms with Crippen LogP contribution in [-0.4, -0.2) is 37.0 Å². The number of aromatic nitrogens is 1. The highest BCUT2D eigenvalue weighted by Crippen LogP contribution is 2.27. The number of benzene rings is 1. The first-order valence-electron chi connectivity index (χ1n) is 7.23. The van der Waals surface area contributed by atoms with E-state index in [0.717, 1.165) is 40.7 Å². The van der Waals surface area contributed by atoms with Crippen LogP contribution >= 0.6 is 15.9 Å². The van der Waals surface area contributed by atoms with Crippen molar-refractivity contribution in [2.75, 3.05) is 25.1 Å². The highest BCUT2D eigenvalue weighted by molar-refractivity contribution is 9.10. The molecule has 1 fully saturated rings. The topological polar surface area (TPSA) is 43.4 Å². The average Bonchev–Trinajstić information content (AvgIpc) is 3.00. The molecule has 1 aromatic heterocycles. The molecule has 0 radical (unpaired) electrons. The Hall–Kier alpha value is -1.17. The van der Waals surface area contributed by atoms with Gasteiger partial charge in [0.15, 0.2) is 0 Å². The van der Waals surface area contributed by atoms with Crippen molar-refractivity contribution < 1.29 is 9.47 Å². The first-order valence-corrected chi connectivity index (χ1v) is 8.02. The van der Waals surface area contributed by atoms with Gasteiger partial charge in [-0.3, -0.25) is 4.98 Å². The second-order valence-electron chi connectivity index (χ2n) is 5.36. The third-order valence-electron chi connectivity index (χ3n) is 3.59. The highest BCUT2D eigenvalue weighted by Gasteiger charge is 2.17. The van der Waals surface area contributed by atoms with Crippen molar-refractivity contribution in [2.24, 2.45) is 0 Å². The van der Waals surface area contributed by atoms with E-state index in [-0.39, 0.29) is 12.1 Å². The Labute approximate surface area is 133 Å². The molecule has 3 rings (SSSR count). The Morgan fingerprint density at radius 3 is 3.19 bits per heavy atom. The molecular weight excluding hydrogens is 332 g/mol. The van der Waals surface area contributed by atoms with Crippen molar-refractivity contribution in [1.82, 2.24) is 4.98 Å². The van der Waals surface area contributed by atoms with Gasteiger partial charge >= 0.3 is 0 Å². The molecule has 0 aliphatic carbocycles. The number of fused-ring (bicyclic) bond motifs is 1. The molecule has 0 saturated carbocycles. The summed E-state index contributed by atoms with van der Waals surface area (Å²) < 4.78 is 12.2. The van der Waals surface area contributed by atoms with Gasteiger partial charge in [0, 0.05) is 34.4 Å². The summed E-state index contributed by atoms with van der Waals surface area (Å²) in [6.45, 7) is 4.33. The fraction of sp³-hybridized carbons (Fsp3) is 0.438. The third kappa shape index (κ3) is 3.54. The molecule has 2 atom stereocenters. The first-order chi connectivity index (χ1) is 10.2. The number of rotatable bonds is 5. The zero-order valence-corrected chi connectivity index (χ0v) is 13.6. The second-order valence-corrected chi connectivity index (χ2v) is 6.21. The normalized spacial score (nSPS) is 19.8. The number of para-hydroxylation sites is 1. The van der Waals surface area contributed by atoms with Gasteiger partial charge < -0.3 is 14.8 Å². The number of hydrogen-bond donors (Lipinski definition) is 1. The van der Waals surface area contributed by atoms with E-state index in [0.29, 0.717) is 6.61 Å². The average molecular weight is 351 g/mol. The van der Waals surface area contributed by atoms with Gasteiger partial charge in [0.05, 0.1) is 24.8 Å². The largest absolute Gasteiger partial charge is 0.380 e. The Morgan fingerprint density at radius 2 is 2.38 bits per heavy atom. The summed E-state index contributed by atoms with van der Waals surface area (Å²) in [4.78, 5) is 4.42. The lowest BCUT2D eigenvalue weighted by molar-refractivity contribution is 0.0395. The van der Waals surface area contributed by atoms with E-state index in [1.54, 1.807) is 0 Å². The molecule has 1 aromatic carbocycles. The van der Waals surface area contributed by atoms with Crippen LogP contribution in [0.3, 0.4) is 0 Å². The highest BCUT2D eigenvalue weighted by atomic mass is 79.9. The number of halogens is 1. The van der Waals surface area contributed by atoms with Crippen LogP contribution in [0.15, 0.2) is 34.9 Å². The van der Waals surface area contributed by atoms with E-state index in [4.69, 9.17) is 9.47 Å². The Morgan fingerprint density at radius 1 is 1.48 bits per heavy atom. The van der Waals surface area contributed by atoms with Crippen molar-refractivity contribution in [2.45, 2.75) is 25.5 Å². The minimum atomic E-state index is 0.232. The molecule has 1 aliphatic heterocycles. The Balaban J connectivity index is 1.68. The molecule has 1 saturated heterocycles. The predicted molar refractivity (Wildman–Crippen MR) is 87.7 cm³/mol. The van der Waals surface area contributed by atoms with Gasteiger partial charge in [0.1, 0.15) is 0 Å². The zero-order valence-electron chi connectivity index (χ0n) is 12.0. The molecule has 21 heavy (non-hydrogen) atoms. The van der Waals surface area contributed by atoms with E-state index in [1.807, 2.05) is 24.4 Å². The quantitative estimate of drug-likeness (QED) is 0.894.